The van der Waals surface area contributed by atoms with E-state index in [0.29, 0.717) is 17.9 Å². The number of nitrogens with one attached hydrogen (secondary N) is 3. The molecule has 0 aliphatic carbocycles. The summed E-state index contributed by atoms with van der Waals surface area (Å²) in [5, 5.41) is 11.5. The summed E-state index contributed by atoms with van der Waals surface area (Å²) in [5.74, 6) is 0.650. The number of dihydropyridines is 1. The van der Waals surface area contributed by atoms with Crippen LogP contribution < -0.4 is 5.32 Å². The van der Waals surface area contributed by atoms with Crippen LogP contribution >= 0.6 is 0 Å². The van der Waals surface area contributed by atoms with E-state index in [1.54, 1.807) is 12.4 Å². The number of rotatable bonds is 5. The van der Waals surface area contributed by atoms with Crippen molar-refractivity contribution in [2.75, 3.05) is 5.32 Å². The van der Waals surface area contributed by atoms with Crippen molar-refractivity contribution in [3.63, 3.8) is 0 Å². The Morgan fingerprint density at radius 3 is 2.91 bits per heavy atom. The van der Waals surface area contributed by atoms with Gasteiger partial charge in [-0.15, -0.1) is 0 Å². The van der Waals surface area contributed by atoms with Gasteiger partial charge in [0, 0.05) is 41.8 Å². The fraction of sp³-hybridized carbons (Fsp3) is 0.148. The van der Waals surface area contributed by atoms with Gasteiger partial charge >= 0.3 is 0 Å². The van der Waals surface area contributed by atoms with Crippen LogP contribution in [-0.2, 0) is 4.79 Å². The molecule has 0 fully saturated rings. The number of H-pyrrole nitrogens is 2. The van der Waals surface area contributed by atoms with Gasteiger partial charge in [0.2, 0.25) is 5.91 Å². The molecule has 35 heavy (non-hydrogen) atoms. The summed E-state index contributed by atoms with van der Waals surface area (Å²) in [7, 11) is 0. The number of benzene rings is 2. The quantitative estimate of drug-likeness (QED) is 0.296. The Morgan fingerprint density at radius 2 is 2.06 bits per heavy atom. The van der Waals surface area contributed by atoms with Crippen LogP contribution in [-0.4, -0.2) is 37.3 Å². The molecule has 0 radical (unpaired) electrons. The minimum absolute atomic E-state index is 0.0286. The number of anilines is 1. The third-order valence-electron chi connectivity index (χ3n) is 6.15. The zero-order valence-corrected chi connectivity index (χ0v) is 19.1. The minimum atomic E-state index is -0.0461. The number of fused-ring (bicyclic) bond motifs is 2. The van der Waals surface area contributed by atoms with Gasteiger partial charge in [-0.1, -0.05) is 37.3 Å². The highest BCUT2D eigenvalue weighted by Crippen LogP contribution is 2.33. The predicted molar refractivity (Wildman–Crippen MR) is 138 cm³/mol. The number of carbonyl (C=O) groups excluding carboxylic acids is 1. The number of hydrogen-bond donors (Lipinski definition) is 3. The van der Waals surface area contributed by atoms with Gasteiger partial charge < -0.3 is 10.3 Å². The number of aliphatic imine (C=N–C) groups is 1. The van der Waals surface area contributed by atoms with Crippen molar-refractivity contribution in [2.24, 2.45) is 4.99 Å². The molecule has 0 bridgehead atoms. The van der Waals surface area contributed by atoms with Gasteiger partial charge in [0.25, 0.3) is 0 Å². The molecule has 5 aromatic rings. The van der Waals surface area contributed by atoms with Crippen LogP contribution in [0.25, 0.3) is 44.6 Å². The zero-order valence-electron chi connectivity index (χ0n) is 19.1. The van der Waals surface area contributed by atoms with E-state index in [0.717, 1.165) is 50.7 Å². The molecule has 1 aliphatic rings. The first-order valence-electron chi connectivity index (χ1n) is 11.6. The Morgan fingerprint density at radius 1 is 1.11 bits per heavy atom. The van der Waals surface area contributed by atoms with Gasteiger partial charge in [0.1, 0.15) is 5.69 Å². The lowest BCUT2D eigenvalue weighted by Crippen LogP contribution is -2.09. The second-order valence-corrected chi connectivity index (χ2v) is 8.47. The first-order valence-corrected chi connectivity index (χ1v) is 11.6. The standard InChI is InChI=1S/C27H23N7O/c1-2-24(35)30-18-12-17(14-28-15-18)16-9-10-22-20(13-16)26(34-33-22)27-31-23-8-5-6-19(25(23)32-27)21-7-3-4-11-29-21/h3,5-15,21H,2,4H2,1H3,(H,30,35)(H,31,32)(H,33,34). The van der Waals surface area contributed by atoms with Gasteiger partial charge in [-0.2, -0.15) is 5.10 Å². The lowest BCUT2D eigenvalue weighted by atomic mass is 10.0. The number of amides is 1. The van der Waals surface area contributed by atoms with Crippen molar-refractivity contribution in [1.29, 1.82) is 0 Å². The summed E-state index contributed by atoms with van der Waals surface area (Å²) < 4.78 is 0. The summed E-state index contributed by atoms with van der Waals surface area (Å²) in [6.07, 6.45) is 10.9. The molecule has 1 unspecified atom stereocenters. The van der Waals surface area contributed by atoms with E-state index >= 15 is 0 Å². The summed E-state index contributed by atoms with van der Waals surface area (Å²) in [5.41, 5.74) is 7.11. The zero-order chi connectivity index (χ0) is 23.8. The third kappa shape index (κ3) is 3.89. The Bertz CT molecular complexity index is 1610. The van der Waals surface area contributed by atoms with E-state index in [4.69, 9.17) is 4.98 Å². The number of allylic oxidation sites excluding steroid dienone is 1. The topological polar surface area (TPSA) is 112 Å². The number of nitrogens with zero attached hydrogens (tertiary/aromatic N) is 4. The fourth-order valence-corrected chi connectivity index (χ4v) is 4.37. The molecule has 1 amide bonds. The molecular weight excluding hydrogens is 438 g/mol. The van der Waals surface area contributed by atoms with Gasteiger partial charge in [0.05, 0.1) is 34.5 Å². The Hall–Kier alpha value is -4.59. The number of pyridine rings is 1. The number of para-hydroxylation sites is 1. The molecule has 6 rings (SSSR count). The summed E-state index contributed by atoms with van der Waals surface area (Å²) in [6.45, 7) is 1.82. The van der Waals surface area contributed by atoms with E-state index in [1.165, 1.54) is 0 Å². The predicted octanol–water partition coefficient (Wildman–Crippen LogP) is 5.59. The van der Waals surface area contributed by atoms with Crippen LogP contribution in [0.15, 0.2) is 72.0 Å². The van der Waals surface area contributed by atoms with Gasteiger partial charge in [0.15, 0.2) is 5.82 Å². The van der Waals surface area contributed by atoms with Gasteiger partial charge in [-0.05, 0) is 29.8 Å². The first-order chi connectivity index (χ1) is 17.2. The molecule has 2 aromatic carbocycles. The summed E-state index contributed by atoms with van der Waals surface area (Å²) in [6, 6.07) is 14.1. The molecule has 0 saturated heterocycles. The van der Waals surface area contributed by atoms with Crippen molar-refractivity contribution in [1.82, 2.24) is 25.1 Å². The first kappa shape index (κ1) is 21.0. The number of carbonyl (C=O) groups is 1. The van der Waals surface area contributed by atoms with Crippen molar-refractivity contribution >= 4 is 39.7 Å². The Labute approximate surface area is 201 Å². The average Bonchev–Trinajstić information content (AvgIpc) is 3.53. The van der Waals surface area contributed by atoms with Crippen molar-refractivity contribution in [3.05, 3.63) is 72.6 Å². The maximum absolute atomic E-state index is 11.8. The largest absolute Gasteiger partial charge is 0.337 e. The minimum Gasteiger partial charge on any atom is -0.337 e. The van der Waals surface area contributed by atoms with Crippen LogP contribution in [0.1, 0.15) is 31.4 Å². The van der Waals surface area contributed by atoms with Crippen molar-refractivity contribution < 1.29 is 4.79 Å². The maximum atomic E-state index is 11.8. The molecule has 172 valence electrons. The van der Waals surface area contributed by atoms with Crippen LogP contribution in [0.4, 0.5) is 5.69 Å². The molecule has 0 spiro atoms. The van der Waals surface area contributed by atoms with Gasteiger partial charge in [-0.25, -0.2) is 4.98 Å². The number of hydrogen-bond acceptors (Lipinski definition) is 5. The van der Waals surface area contributed by atoms with E-state index < -0.39 is 0 Å². The average molecular weight is 462 g/mol. The Balaban J connectivity index is 1.41. The number of aromatic nitrogens is 5. The van der Waals surface area contributed by atoms with Crippen LogP contribution in [0.2, 0.25) is 0 Å². The van der Waals surface area contributed by atoms with E-state index in [2.05, 4.69) is 54.8 Å². The highest BCUT2D eigenvalue weighted by Gasteiger charge is 2.18. The number of aromatic amines is 2. The molecule has 3 N–H and O–H groups in total. The smallest absolute Gasteiger partial charge is 0.224 e. The van der Waals surface area contributed by atoms with E-state index in [-0.39, 0.29) is 11.9 Å². The third-order valence-corrected chi connectivity index (χ3v) is 6.15. The molecule has 3 aromatic heterocycles. The number of imidazole rings is 1. The van der Waals surface area contributed by atoms with Crippen LogP contribution in [0.3, 0.4) is 0 Å². The van der Waals surface area contributed by atoms with Crippen LogP contribution in [0, 0.1) is 0 Å². The lowest BCUT2D eigenvalue weighted by molar-refractivity contribution is -0.115. The van der Waals surface area contributed by atoms with Crippen molar-refractivity contribution in [3.8, 4) is 22.6 Å². The van der Waals surface area contributed by atoms with Crippen molar-refractivity contribution in [2.45, 2.75) is 25.8 Å². The monoisotopic (exact) mass is 461 g/mol. The van der Waals surface area contributed by atoms with E-state index in [9.17, 15) is 4.79 Å². The maximum Gasteiger partial charge on any atom is 0.224 e. The van der Waals surface area contributed by atoms with Crippen LogP contribution in [0.5, 0.6) is 0 Å². The Kier molecular flexibility index (Phi) is 5.18. The molecule has 8 heteroatoms. The highest BCUT2D eigenvalue weighted by molar-refractivity contribution is 5.96. The second-order valence-electron chi connectivity index (χ2n) is 8.47. The SMILES string of the molecule is CCC(=O)Nc1cncc(-c2ccc3[nH]nc(-c4nc5c(C6C=CCC=N6)cccc5[nH]4)c3c2)c1. The second kappa shape index (κ2) is 8.64. The summed E-state index contributed by atoms with van der Waals surface area (Å²) >= 11 is 0. The fourth-order valence-electron chi connectivity index (χ4n) is 4.37. The lowest BCUT2D eigenvalue weighted by Gasteiger charge is -2.11. The molecule has 8 nitrogen and oxygen atoms in total. The molecule has 0 saturated carbocycles. The highest BCUT2D eigenvalue weighted by atomic mass is 16.1. The molecular formula is C27H23N7O. The van der Waals surface area contributed by atoms with E-state index in [1.807, 2.05) is 43.5 Å². The molecule has 4 heterocycles. The molecule has 1 atom stereocenters. The molecule has 1 aliphatic heterocycles. The normalized spacial score (nSPS) is 15.2. The van der Waals surface area contributed by atoms with Gasteiger partial charge in [-0.3, -0.25) is 19.9 Å². The summed E-state index contributed by atoms with van der Waals surface area (Å²) in [4.78, 5) is 29.1.